The van der Waals surface area contributed by atoms with Gasteiger partial charge in [0.25, 0.3) is 0 Å². The highest BCUT2D eigenvalue weighted by molar-refractivity contribution is 6.30. The molecule has 1 unspecified atom stereocenters. The molecular formula is C20H20ClN3O2. The van der Waals surface area contributed by atoms with Crippen LogP contribution in [0.25, 0.3) is 0 Å². The van der Waals surface area contributed by atoms with Crippen LogP contribution in [0, 0.1) is 6.92 Å². The van der Waals surface area contributed by atoms with Crippen molar-refractivity contribution in [3.8, 4) is 0 Å². The lowest BCUT2D eigenvalue weighted by Gasteiger charge is -2.21. The summed E-state index contributed by atoms with van der Waals surface area (Å²) in [6.45, 7) is 2.02. The normalized spacial score (nSPS) is 12.0. The van der Waals surface area contributed by atoms with Crippen molar-refractivity contribution in [2.45, 2.75) is 25.8 Å². The summed E-state index contributed by atoms with van der Waals surface area (Å²) in [6, 6.07) is 17.6. The molecule has 1 atom stereocenters. The molecule has 0 radical (unpaired) electrons. The Kier molecular flexibility index (Phi) is 5.68. The molecule has 3 aromatic rings. The van der Waals surface area contributed by atoms with E-state index >= 15 is 0 Å². The maximum atomic E-state index is 12.8. The van der Waals surface area contributed by atoms with Crippen LogP contribution in [0.2, 0.25) is 5.02 Å². The van der Waals surface area contributed by atoms with Crippen LogP contribution in [0.4, 0.5) is 0 Å². The van der Waals surface area contributed by atoms with Gasteiger partial charge in [-0.05, 0) is 23.3 Å². The van der Waals surface area contributed by atoms with E-state index in [4.69, 9.17) is 16.0 Å². The van der Waals surface area contributed by atoms with Crippen molar-refractivity contribution in [3.63, 3.8) is 0 Å². The fourth-order valence-corrected chi connectivity index (χ4v) is 2.96. The van der Waals surface area contributed by atoms with Gasteiger partial charge in [0.05, 0.1) is 6.54 Å². The van der Waals surface area contributed by atoms with Gasteiger partial charge in [-0.15, -0.1) is 10.2 Å². The second-order valence-corrected chi connectivity index (χ2v) is 6.62. The summed E-state index contributed by atoms with van der Waals surface area (Å²) in [5, 5.41) is 8.42. The second kappa shape index (κ2) is 8.15. The van der Waals surface area contributed by atoms with Crippen LogP contribution in [-0.4, -0.2) is 28.1 Å². The van der Waals surface area contributed by atoms with Crippen molar-refractivity contribution in [1.29, 1.82) is 0 Å². The number of hydrogen-bond acceptors (Lipinski definition) is 4. The van der Waals surface area contributed by atoms with Crippen LogP contribution in [0.5, 0.6) is 0 Å². The number of aryl methyl sites for hydroxylation is 1. The molecule has 1 amide bonds. The first-order chi connectivity index (χ1) is 12.5. The summed E-state index contributed by atoms with van der Waals surface area (Å²) in [5.74, 6) is 0.878. The van der Waals surface area contributed by atoms with E-state index in [2.05, 4.69) is 10.2 Å². The second-order valence-electron chi connectivity index (χ2n) is 6.18. The number of hydrogen-bond donors (Lipinski definition) is 0. The third kappa shape index (κ3) is 4.49. The van der Waals surface area contributed by atoms with Gasteiger partial charge in [0.2, 0.25) is 17.7 Å². The van der Waals surface area contributed by atoms with Crippen molar-refractivity contribution < 1.29 is 9.21 Å². The molecule has 0 saturated carbocycles. The summed E-state index contributed by atoms with van der Waals surface area (Å²) in [5.41, 5.74) is 2.14. The first-order valence-corrected chi connectivity index (χ1v) is 8.74. The monoisotopic (exact) mass is 369 g/mol. The first kappa shape index (κ1) is 18.1. The highest BCUT2D eigenvalue weighted by Gasteiger charge is 2.21. The van der Waals surface area contributed by atoms with Crippen LogP contribution < -0.4 is 0 Å². The molecule has 0 N–H and O–H groups in total. The molecule has 0 fully saturated rings. The third-order valence-corrected chi connectivity index (χ3v) is 4.47. The standard InChI is InChI=1S/C20H20ClN3O2/c1-14-22-23-19(26-14)13-24(2)20(25)12-18(15-6-4-3-5-7-15)16-8-10-17(21)11-9-16/h3-11,18H,12-13H2,1-2H3. The van der Waals surface area contributed by atoms with Gasteiger partial charge in [0.15, 0.2) is 0 Å². The number of aromatic nitrogens is 2. The minimum Gasteiger partial charge on any atom is -0.424 e. The van der Waals surface area contributed by atoms with Crippen molar-refractivity contribution >= 4 is 17.5 Å². The van der Waals surface area contributed by atoms with Crippen molar-refractivity contribution in [2.24, 2.45) is 0 Å². The van der Waals surface area contributed by atoms with E-state index in [1.807, 2.05) is 54.6 Å². The van der Waals surface area contributed by atoms with E-state index in [0.29, 0.717) is 29.8 Å². The van der Waals surface area contributed by atoms with Gasteiger partial charge in [0.1, 0.15) is 0 Å². The van der Waals surface area contributed by atoms with E-state index in [-0.39, 0.29) is 11.8 Å². The van der Waals surface area contributed by atoms with Gasteiger partial charge in [0, 0.05) is 31.3 Å². The lowest BCUT2D eigenvalue weighted by atomic mass is 9.88. The summed E-state index contributed by atoms with van der Waals surface area (Å²) < 4.78 is 5.36. The van der Waals surface area contributed by atoms with Gasteiger partial charge in [-0.2, -0.15) is 0 Å². The maximum absolute atomic E-state index is 12.8. The molecule has 0 aliphatic rings. The zero-order valence-electron chi connectivity index (χ0n) is 14.7. The van der Waals surface area contributed by atoms with Gasteiger partial charge >= 0.3 is 0 Å². The Morgan fingerprint density at radius 1 is 1.08 bits per heavy atom. The average molecular weight is 370 g/mol. The number of benzene rings is 2. The molecule has 3 rings (SSSR count). The number of carbonyl (C=O) groups is 1. The average Bonchev–Trinajstić information content (AvgIpc) is 3.06. The van der Waals surface area contributed by atoms with Crippen LogP contribution in [0.15, 0.2) is 59.0 Å². The zero-order chi connectivity index (χ0) is 18.5. The summed E-state index contributed by atoms with van der Waals surface area (Å²) in [4.78, 5) is 14.4. The largest absolute Gasteiger partial charge is 0.424 e. The Morgan fingerprint density at radius 3 is 2.35 bits per heavy atom. The molecule has 2 aromatic carbocycles. The van der Waals surface area contributed by atoms with Gasteiger partial charge in [-0.1, -0.05) is 54.1 Å². The molecule has 0 aliphatic carbocycles. The van der Waals surface area contributed by atoms with E-state index in [9.17, 15) is 4.79 Å². The zero-order valence-corrected chi connectivity index (χ0v) is 15.5. The predicted octanol–water partition coefficient (Wildman–Crippen LogP) is 4.21. The number of amides is 1. The molecule has 134 valence electrons. The number of rotatable bonds is 6. The molecule has 0 spiro atoms. The Bertz CT molecular complexity index is 862. The summed E-state index contributed by atoms with van der Waals surface area (Å²) in [6.07, 6.45) is 0.343. The quantitative estimate of drug-likeness (QED) is 0.653. The predicted molar refractivity (Wildman–Crippen MR) is 99.9 cm³/mol. The van der Waals surface area contributed by atoms with Crippen molar-refractivity contribution in [3.05, 3.63) is 82.5 Å². The Hall–Kier alpha value is -2.66. The number of halogens is 1. The van der Waals surface area contributed by atoms with Crippen LogP contribution in [-0.2, 0) is 11.3 Å². The molecule has 0 bridgehead atoms. The summed E-state index contributed by atoms with van der Waals surface area (Å²) in [7, 11) is 1.74. The van der Waals surface area contributed by atoms with E-state index in [1.54, 1.807) is 18.9 Å². The first-order valence-electron chi connectivity index (χ1n) is 8.36. The number of nitrogens with zero attached hydrogens (tertiary/aromatic N) is 3. The molecule has 26 heavy (non-hydrogen) atoms. The van der Waals surface area contributed by atoms with Gasteiger partial charge in [-0.25, -0.2) is 0 Å². The Balaban J connectivity index is 1.78. The smallest absolute Gasteiger partial charge is 0.235 e. The van der Waals surface area contributed by atoms with Crippen LogP contribution in [0.1, 0.15) is 35.2 Å². The van der Waals surface area contributed by atoms with Gasteiger partial charge < -0.3 is 9.32 Å². The van der Waals surface area contributed by atoms with Crippen molar-refractivity contribution in [2.75, 3.05) is 7.05 Å². The van der Waals surface area contributed by atoms with E-state index < -0.39 is 0 Å². The fourth-order valence-electron chi connectivity index (χ4n) is 2.83. The Labute approximate surface area is 157 Å². The molecule has 1 aromatic heterocycles. The maximum Gasteiger partial charge on any atom is 0.235 e. The molecule has 0 aliphatic heterocycles. The highest BCUT2D eigenvalue weighted by atomic mass is 35.5. The van der Waals surface area contributed by atoms with Crippen molar-refractivity contribution in [1.82, 2.24) is 15.1 Å². The van der Waals surface area contributed by atoms with E-state index in [1.165, 1.54) is 0 Å². The molecule has 1 heterocycles. The van der Waals surface area contributed by atoms with Crippen LogP contribution >= 0.6 is 11.6 Å². The number of carbonyl (C=O) groups excluding carboxylic acids is 1. The van der Waals surface area contributed by atoms with Crippen LogP contribution in [0.3, 0.4) is 0 Å². The fraction of sp³-hybridized carbons (Fsp3) is 0.250. The lowest BCUT2D eigenvalue weighted by molar-refractivity contribution is -0.130. The van der Waals surface area contributed by atoms with E-state index in [0.717, 1.165) is 11.1 Å². The SMILES string of the molecule is Cc1nnc(CN(C)C(=O)CC(c2ccccc2)c2ccc(Cl)cc2)o1. The minimum atomic E-state index is -0.0483. The Morgan fingerprint density at radius 2 is 1.73 bits per heavy atom. The molecule has 0 saturated heterocycles. The minimum absolute atomic E-state index is 0.00431. The topological polar surface area (TPSA) is 59.2 Å². The van der Waals surface area contributed by atoms with Gasteiger partial charge in [-0.3, -0.25) is 4.79 Å². The lowest BCUT2D eigenvalue weighted by Crippen LogP contribution is -2.28. The third-order valence-electron chi connectivity index (χ3n) is 4.22. The molecular weight excluding hydrogens is 350 g/mol. The summed E-state index contributed by atoms with van der Waals surface area (Å²) >= 11 is 6.01. The molecule has 5 nitrogen and oxygen atoms in total. The molecule has 6 heteroatoms. The highest BCUT2D eigenvalue weighted by Crippen LogP contribution is 2.29.